The molecule has 3 heteroatoms. The van der Waals surface area contributed by atoms with Crippen LogP contribution in [-0.2, 0) is 11.2 Å². The van der Waals surface area contributed by atoms with Gasteiger partial charge >= 0.3 is 0 Å². The number of rotatable bonds is 4. The fraction of sp³-hybridized carbons (Fsp3) is 0.533. The summed E-state index contributed by atoms with van der Waals surface area (Å²) in [5.74, 6) is 0.565. The summed E-state index contributed by atoms with van der Waals surface area (Å²) in [5, 5.41) is 3.08. The van der Waals surface area contributed by atoms with Gasteiger partial charge in [0.15, 0.2) is 0 Å². The summed E-state index contributed by atoms with van der Waals surface area (Å²) in [7, 11) is 0. The molecule has 3 nitrogen and oxygen atoms in total. The molecule has 0 aliphatic heterocycles. The van der Waals surface area contributed by atoms with Crippen LogP contribution in [0.2, 0.25) is 0 Å². The molecule has 3 unspecified atom stereocenters. The number of hydrogen-bond donors (Lipinski definition) is 2. The molecule has 0 radical (unpaired) electrons. The van der Waals surface area contributed by atoms with E-state index in [1.54, 1.807) is 0 Å². The zero-order valence-corrected chi connectivity index (χ0v) is 10.9. The molecule has 0 aromatic heterocycles. The molecule has 1 aromatic rings. The minimum Gasteiger partial charge on any atom is -0.352 e. The van der Waals surface area contributed by atoms with Gasteiger partial charge < -0.3 is 11.1 Å². The van der Waals surface area contributed by atoms with Gasteiger partial charge in [-0.2, -0.15) is 0 Å². The number of nitrogens with two attached hydrogens (primary N) is 1. The van der Waals surface area contributed by atoms with E-state index >= 15 is 0 Å². The van der Waals surface area contributed by atoms with Crippen LogP contribution >= 0.6 is 0 Å². The predicted octanol–water partition coefficient (Wildman–Crippen LogP) is 1.86. The van der Waals surface area contributed by atoms with Gasteiger partial charge in [-0.25, -0.2) is 0 Å². The number of hydrogen-bond acceptors (Lipinski definition) is 2. The number of nitrogens with one attached hydrogen (secondary N) is 1. The van der Waals surface area contributed by atoms with E-state index < -0.39 is 6.04 Å². The predicted molar refractivity (Wildman–Crippen MR) is 73.1 cm³/mol. The highest BCUT2D eigenvalue weighted by Crippen LogP contribution is 2.24. The summed E-state index contributed by atoms with van der Waals surface area (Å²) < 4.78 is 0. The van der Waals surface area contributed by atoms with Crippen molar-refractivity contribution in [2.24, 2.45) is 11.7 Å². The second-order valence-electron chi connectivity index (χ2n) is 5.32. The smallest absolute Gasteiger partial charge is 0.237 e. The minimum atomic E-state index is -0.444. The topological polar surface area (TPSA) is 55.1 Å². The third kappa shape index (κ3) is 3.33. The number of amides is 1. The first kappa shape index (κ1) is 13.1. The fourth-order valence-electron chi connectivity index (χ4n) is 2.61. The van der Waals surface area contributed by atoms with Crippen molar-refractivity contribution in [2.45, 2.75) is 44.7 Å². The van der Waals surface area contributed by atoms with E-state index in [0.717, 1.165) is 12.0 Å². The second kappa shape index (κ2) is 6.01. The van der Waals surface area contributed by atoms with Crippen molar-refractivity contribution in [1.29, 1.82) is 0 Å². The third-order valence-corrected chi connectivity index (χ3v) is 3.82. The van der Waals surface area contributed by atoms with Crippen LogP contribution in [0.25, 0.3) is 0 Å². The van der Waals surface area contributed by atoms with E-state index in [9.17, 15) is 4.79 Å². The Kier molecular flexibility index (Phi) is 4.37. The molecule has 0 heterocycles. The van der Waals surface area contributed by atoms with Crippen LogP contribution in [0.1, 0.15) is 31.7 Å². The van der Waals surface area contributed by atoms with E-state index in [1.807, 2.05) is 30.3 Å². The van der Waals surface area contributed by atoms with Gasteiger partial charge in [0, 0.05) is 6.04 Å². The maximum absolute atomic E-state index is 12.0. The molecule has 0 bridgehead atoms. The molecular formula is C15H22N2O. The van der Waals surface area contributed by atoms with E-state index in [-0.39, 0.29) is 5.91 Å². The van der Waals surface area contributed by atoms with Crippen molar-refractivity contribution in [2.75, 3.05) is 0 Å². The van der Waals surface area contributed by atoms with E-state index in [2.05, 4.69) is 12.2 Å². The molecule has 1 fully saturated rings. The second-order valence-corrected chi connectivity index (χ2v) is 5.32. The molecule has 1 aromatic carbocycles. The van der Waals surface area contributed by atoms with E-state index in [0.29, 0.717) is 18.4 Å². The number of carbonyl (C=O) groups is 1. The van der Waals surface area contributed by atoms with Crippen molar-refractivity contribution in [1.82, 2.24) is 5.32 Å². The van der Waals surface area contributed by atoms with E-state index in [1.165, 1.54) is 12.8 Å². The Morgan fingerprint density at radius 3 is 2.72 bits per heavy atom. The molecule has 0 spiro atoms. The summed E-state index contributed by atoms with van der Waals surface area (Å²) in [6.45, 7) is 2.20. The van der Waals surface area contributed by atoms with Gasteiger partial charge in [-0.05, 0) is 30.7 Å². The molecule has 1 aliphatic carbocycles. The SMILES string of the molecule is CC1CCCC1NC(=O)C(N)Cc1ccccc1. The first-order chi connectivity index (χ1) is 8.66. The lowest BCUT2D eigenvalue weighted by Crippen LogP contribution is -2.47. The molecule has 18 heavy (non-hydrogen) atoms. The Morgan fingerprint density at radius 1 is 1.39 bits per heavy atom. The van der Waals surface area contributed by atoms with Crippen molar-refractivity contribution in [3.63, 3.8) is 0 Å². The van der Waals surface area contributed by atoms with Crippen LogP contribution < -0.4 is 11.1 Å². The zero-order valence-electron chi connectivity index (χ0n) is 10.9. The summed E-state index contributed by atoms with van der Waals surface area (Å²) in [6.07, 6.45) is 4.11. The molecule has 1 aliphatic rings. The van der Waals surface area contributed by atoms with Crippen LogP contribution in [0.3, 0.4) is 0 Å². The molecule has 0 saturated heterocycles. The molecule has 1 amide bonds. The number of carbonyl (C=O) groups excluding carboxylic acids is 1. The first-order valence-electron chi connectivity index (χ1n) is 6.76. The lowest BCUT2D eigenvalue weighted by atomic mass is 10.0. The quantitative estimate of drug-likeness (QED) is 0.852. The van der Waals surface area contributed by atoms with E-state index in [4.69, 9.17) is 5.73 Å². The molecule has 3 atom stereocenters. The summed E-state index contributed by atoms with van der Waals surface area (Å²) in [4.78, 5) is 12.0. The van der Waals surface area contributed by atoms with Gasteiger partial charge in [-0.15, -0.1) is 0 Å². The highest BCUT2D eigenvalue weighted by atomic mass is 16.2. The van der Waals surface area contributed by atoms with Crippen molar-refractivity contribution in [3.8, 4) is 0 Å². The van der Waals surface area contributed by atoms with Gasteiger partial charge in [0.05, 0.1) is 6.04 Å². The zero-order chi connectivity index (χ0) is 13.0. The fourth-order valence-corrected chi connectivity index (χ4v) is 2.61. The largest absolute Gasteiger partial charge is 0.352 e. The third-order valence-electron chi connectivity index (χ3n) is 3.82. The Labute approximate surface area is 109 Å². The number of benzene rings is 1. The maximum atomic E-state index is 12.0. The normalized spacial score (nSPS) is 24.8. The lowest BCUT2D eigenvalue weighted by molar-refractivity contribution is -0.123. The summed E-state index contributed by atoms with van der Waals surface area (Å²) in [5.41, 5.74) is 7.07. The van der Waals surface area contributed by atoms with Crippen LogP contribution in [0.15, 0.2) is 30.3 Å². The maximum Gasteiger partial charge on any atom is 0.237 e. The Bertz CT molecular complexity index is 391. The monoisotopic (exact) mass is 246 g/mol. The van der Waals surface area contributed by atoms with Crippen LogP contribution in [-0.4, -0.2) is 18.0 Å². The van der Waals surface area contributed by atoms with Gasteiger partial charge in [0.1, 0.15) is 0 Å². The molecule has 1 saturated carbocycles. The lowest BCUT2D eigenvalue weighted by Gasteiger charge is -2.20. The molecule has 98 valence electrons. The highest BCUT2D eigenvalue weighted by molar-refractivity contribution is 5.82. The van der Waals surface area contributed by atoms with Crippen molar-refractivity contribution < 1.29 is 4.79 Å². The molecule has 3 N–H and O–H groups in total. The van der Waals surface area contributed by atoms with Crippen LogP contribution in [0.4, 0.5) is 0 Å². The molecule has 2 rings (SSSR count). The summed E-state index contributed by atoms with van der Waals surface area (Å²) >= 11 is 0. The minimum absolute atomic E-state index is 0.0161. The Balaban J connectivity index is 1.85. The average Bonchev–Trinajstić information content (AvgIpc) is 2.76. The summed E-state index contributed by atoms with van der Waals surface area (Å²) in [6, 6.07) is 9.80. The van der Waals surface area contributed by atoms with Gasteiger partial charge in [0.25, 0.3) is 0 Å². The van der Waals surface area contributed by atoms with Gasteiger partial charge in [-0.3, -0.25) is 4.79 Å². The average molecular weight is 246 g/mol. The Morgan fingerprint density at radius 2 is 2.11 bits per heavy atom. The van der Waals surface area contributed by atoms with Crippen molar-refractivity contribution in [3.05, 3.63) is 35.9 Å². The van der Waals surface area contributed by atoms with Gasteiger partial charge in [0.2, 0.25) is 5.91 Å². The highest BCUT2D eigenvalue weighted by Gasteiger charge is 2.26. The Hall–Kier alpha value is -1.35. The standard InChI is InChI=1S/C15H22N2O/c1-11-6-5-9-14(11)17-15(18)13(16)10-12-7-3-2-4-8-12/h2-4,7-8,11,13-14H,5-6,9-10,16H2,1H3,(H,17,18). The van der Waals surface area contributed by atoms with Crippen LogP contribution in [0, 0.1) is 5.92 Å². The first-order valence-corrected chi connectivity index (χ1v) is 6.76. The van der Waals surface area contributed by atoms with Crippen molar-refractivity contribution >= 4 is 5.91 Å². The van der Waals surface area contributed by atoms with Crippen LogP contribution in [0.5, 0.6) is 0 Å². The van der Waals surface area contributed by atoms with Gasteiger partial charge in [-0.1, -0.05) is 43.7 Å². The molecular weight excluding hydrogens is 224 g/mol.